The van der Waals surface area contributed by atoms with Crippen molar-refractivity contribution in [1.82, 2.24) is 19.5 Å². The summed E-state index contributed by atoms with van der Waals surface area (Å²) in [5.74, 6) is 0.507. The number of aromatic nitrogens is 3. The number of halogens is 1. The molecule has 6 nitrogen and oxygen atoms in total. The molecule has 1 saturated heterocycles. The Bertz CT molecular complexity index is 1050. The molecule has 1 amide bonds. The lowest BCUT2D eigenvalue weighted by molar-refractivity contribution is -0.129. The van der Waals surface area contributed by atoms with Crippen LogP contribution in [0.4, 0.5) is 5.69 Å². The van der Waals surface area contributed by atoms with Gasteiger partial charge in [0.1, 0.15) is 0 Å². The molecule has 2 aromatic heterocycles. The Labute approximate surface area is 176 Å². The number of hydrogen-bond donors (Lipinski definition) is 0. The fraction of sp³-hybridized carbons (Fsp3) is 0.409. The fourth-order valence-corrected chi connectivity index (χ4v) is 4.29. The van der Waals surface area contributed by atoms with Crippen molar-refractivity contribution in [3.05, 3.63) is 58.5 Å². The van der Waals surface area contributed by atoms with Gasteiger partial charge >= 0.3 is 0 Å². The second kappa shape index (κ2) is 8.03. The summed E-state index contributed by atoms with van der Waals surface area (Å²) in [6, 6.07) is 9.87. The van der Waals surface area contributed by atoms with E-state index < -0.39 is 0 Å². The maximum atomic E-state index is 12.1. The lowest BCUT2D eigenvalue weighted by Gasteiger charge is -2.19. The summed E-state index contributed by atoms with van der Waals surface area (Å²) < 4.78 is 1.97. The number of carbonyl (C=O) groups excluding carboxylic acids is 1. The van der Waals surface area contributed by atoms with E-state index in [9.17, 15) is 4.79 Å². The molecule has 3 heterocycles. The third kappa shape index (κ3) is 3.81. The number of amides is 1. The van der Waals surface area contributed by atoms with Crippen LogP contribution in [0.2, 0.25) is 5.02 Å². The number of carbonyl (C=O) groups is 1. The standard InChI is InChI=1S/C22H26ClN5O/c1-4-21(29)27-11-9-16(13-27)20-8-10-24-22-19(15(2)25-28(20)22)14-26(3)18-7-5-6-17(23)12-18/h5-8,10,12,16H,4,9,11,13-14H2,1-3H3. The highest BCUT2D eigenvalue weighted by Gasteiger charge is 2.29. The van der Waals surface area contributed by atoms with E-state index in [0.29, 0.717) is 13.0 Å². The number of nitrogens with zero attached hydrogens (tertiary/aromatic N) is 5. The highest BCUT2D eigenvalue weighted by Crippen LogP contribution is 2.29. The van der Waals surface area contributed by atoms with Crippen LogP contribution in [0.5, 0.6) is 0 Å². The van der Waals surface area contributed by atoms with Crippen LogP contribution in [0, 0.1) is 6.92 Å². The summed E-state index contributed by atoms with van der Waals surface area (Å²) >= 11 is 6.15. The number of benzene rings is 1. The number of anilines is 1. The van der Waals surface area contributed by atoms with Crippen LogP contribution in [0.3, 0.4) is 0 Å². The van der Waals surface area contributed by atoms with Gasteiger partial charge in [-0.1, -0.05) is 24.6 Å². The molecule has 1 fully saturated rings. The van der Waals surface area contributed by atoms with Crippen molar-refractivity contribution in [2.45, 2.75) is 39.2 Å². The Hall–Kier alpha value is -2.60. The molecule has 4 rings (SSSR count). The Morgan fingerprint density at radius 2 is 2.17 bits per heavy atom. The molecule has 0 saturated carbocycles. The first kappa shape index (κ1) is 19.7. The second-order valence-corrected chi connectivity index (χ2v) is 8.12. The van der Waals surface area contributed by atoms with E-state index in [-0.39, 0.29) is 11.8 Å². The van der Waals surface area contributed by atoms with Crippen LogP contribution in [-0.4, -0.2) is 45.5 Å². The van der Waals surface area contributed by atoms with Crippen molar-refractivity contribution in [1.29, 1.82) is 0 Å². The van der Waals surface area contributed by atoms with Crippen LogP contribution < -0.4 is 4.90 Å². The maximum absolute atomic E-state index is 12.1. The molecule has 0 bridgehead atoms. The monoisotopic (exact) mass is 411 g/mol. The second-order valence-electron chi connectivity index (χ2n) is 7.68. The number of aryl methyl sites for hydroxylation is 1. The third-order valence-corrected chi connectivity index (χ3v) is 5.99. The van der Waals surface area contributed by atoms with Gasteiger partial charge in [-0.15, -0.1) is 0 Å². The molecule has 3 aromatic rings. The first-order valence-electron chi connectivity index (χ1n) is 10.1. The summed E-state index contributed by atoms with van der Waals surface area (Å²) in [5, 5.41) is 5.53. The van der Waals surface area contributed by atoms with Crippen molar-refractivity contribution in [2.24, 2.45) is 0 Å². The highest BCUT2D eigenvalue weighted by atomic mass is 35.5. The van der Waals surface area contributed by atoms with Gasteiger partial charge in [0.2, 0.25) is 5.91 Å². The van der Waals surface area contributed by atoms with E-state index in [4.69, 9.17) is 16.7 Å². The zero-order valence-electron chi connectivity index (χ0n) is 17.1. The number of likely N-dealkylation sites (tertiary alicyclic amines) is 1. The largest absolute Gasteiger partial charge is 0.370 e. The van der Waals surface area contributed by atoms with Gasteiger partial charge in [-0.2, -0.15) is 5.10 Å². The lowest BCUT2D eigenvalue weighted by atomic mass is 10.0. The topological polar surface area (TPSA) is 53.7 Å². The molecule has 7 heteroatoms. The third-order valence-electron chi connectivity index (χ3n) is 5.75. The van der Waals surface area contributed by atoms with Crippen LogP contribution in [0.25, 0.3) is 5.65 Å². The highest BCUT2D eigenvalue weighted by molar-refractivity contribution is 6.30. The SMILES string of the molecule is CCC(=O)N1CCC(c2ccnc3c(CN(C)c4cccc(Cl)c4)c(C)nn23)C1. The van der Waals surface area contributed by atoms with Gasteiger partial charge in [0.25, 0.3) is 0 Å². The molecule has 152 valence electrons. The van der Waals surface area contributed by atoms with E-state index in [0.717, 1.165) is 52.8 Å². The van der Waals surface area contributed by atoms with Crippen molar-refractivity contribution in [3.8, 4) is 0 Å². The van der Waals surface area contributed by atoms with E-state index in [1.807, 2.05) is 66.8 Å². The van der Waals surface area contributed by atoms with Crippen molar-refractivity contribution in [2.75, 3.05) is 25.0 Å². The normalized spacial score (nSPS) is 16.6. The summed E-state index contributed by atoms with van der Waals surface area (Å²) in [7, 11) is 2.05. The van der Waals surface area contributed by atoms with Crippen LogP contribution in [-0.2, 0) is 11.3 Å². The van der Waals surface area contributed by atoms with Crippen molar-refractivity contribution in [3.63, 3.8) is 0 Å². The molecular weight excluding hydrogens is 386 g/mol. The quantitative estimate of drug-likeness (QED) is 0.635. The van der Waals surface area contributed by atoms with Gasteiger partial charge in [0.15, 0.2) is 5.65 Å². The van der Waals surface area contributed by atoms with Gasteiger partial charge in [0.05, 0.1) is 11.4 Å². The van der Waals surface area contributed by atoms with E-state index in [1.54, 1.807) is 0 Å². The summed E-state index contributed by atoms with van der Waals surface area (Å²) in [4.78, 5) is 20.8. The Morgan fingerprint density at radius 1 is 1.34 bits per heavy atom. The minimum absolute atomic E-state index is 0.221. The first-order valence-corrected chi connectivity index (χ1v) is 10.4. The van der Waals surface area contributed by atoms with Crippen molar-refractivity contribution < 1.29 is 4.79 Å². The van der Waals surface area contributed by atoms with E-state index in [2.05, 4.69) is 9.88 Å². The predicted molar refractivity (Wildman–Crippen MR) is 116 cm³/mol. The predicted octanol–water partition coefficient (Wildman–Crippen LogP) is 4.05. The van der Waals surface area contributed by atoms with E-state index >= 15 is 0 Å². The summed E-state index contributed by atoms with van der Waals surface area (Å²) in [6.07, 6.45) is 3.37. The molecule has 0 radical (unpaired) electrons. The number of fused-ring (bicyclic) bond motifs is 1. The Balaban J connectivity index is 1.63. The van der Waals surface area contributed by atoms with Gasteiger partial charge in [-0.05, 0) is 37.6 Å². The fourth-order valence-electron chi connectivity index (χ4n) is 4.10. The molecule has 1 unspecified atom stereocenters. The van der Waals surface area contributed by atoms with Gasteiger partial charge in [0, 0.05) is 61.5 Å². The molecule has 1 aromatic carbocycles. The molecule has 0 aliphatic carbocycles. The average Bonchev–Trinajstić information content (AvgIpc) is 3.32. The molecule has 0 N–H and O–H groups in total. The summed E-state index contributed by atoms with van der Waals surface area (Å²) in [5.41, 5.74) is 5.14. The first-order chi connectivity index (χ1) is 14.0. The molecule has 1 atom stereocenters. The minimum atomic E-state index is 0.221. The average molecular weight is 412 g/mol. The van der Waals surface area contributed by atoms with Crippen molar-refractivity contribution >= 4 is 28.8 Å². The molecule has 29 heavy (non-hydrogen) atoms. The van der Waals surface area contributed by atoms with Crippen LogP contribution >= 0.6 is 11.6 Å². The van der Waals surface area contributed by atoms with E-state index in [1.165, 1.54) is 0 Å². The van der Waals surface area contributed by atoms with Gasteiger partial charge in [-0.3, -0.25) is 4.79 Å². The summed E-state index contributed by atoms with van der Waals surface area (Å²) in [6.45, 7) is 6.20. The Morgan fingerprint density at radius 3 is 2.93 bits per heavy atom. The van der Waals surface area contributed by atoms with Gasteiger partial charge in [-0.25, -0.2) is 9.50 Å². The number of rotatable bonds is 5. The molecule has 0 spiro atoms. The number of hydrogen-bond acceptors (Lipinski definition) is 4. The van der Waals surface area contributed by atoms with Crippen LogP contribution in [0.1, 0.15) is 42.6 Å². The zero-order chi connectivity index (χ0) is 20.5. The van der Waals surface area contributed by atoms with Gasteiger partial charge < -0.3 is 9.80 Å². The molecule has 1 aliphatic heterocycles. The maximum Gasteiger partial charge on any atom is 0.222 e. The lowest BCUT2D eigenvalue weighted by Crippen LogP contribution is -2.27. The van der Waals surface area contributed by atoms with Crippen LogP contribution in [0.15, 0.2) is 36.5 Å². The molecule has 1 aliphatic rings. The molecular formula is C22H26ClN5O. The Kier molecular flexibility index (Phi) is 5.46. The smallest absolute Gasteiger partial charge is 0.222 e. The zero-order valence-corrected chi connectivity index (χ0v) is 17.9. The minimum Gasteiger partial charge on any atom is -0.370 e.